The van der Waals surface area contributed by atoms with Gasteiger partial charge < -0.3 is 30.0 Å². The smallest absolute Gasteiger partial charge is 0.120 e. The van der Waals surface area contributed by atoms with E-state index < -0.39 is 0 Å². The number of hydrogen-bond donors (Lipinski definition) is 3. The molecule has 1 aliphatic rings. The molecular formula is C31H40N2O4. The number of rotatable bonds is 14. The number of phenolic OH excluding ortho intramolecular Hbond substituents is 1. The molecule has 6 heteroatoms. The second-order valence-electron chi connectivity index (χ2n) is 9.61. The molecule has 0 fully saturated rings. The van der Waals surface area contributed by atoms with E-state index in [4.69, 9.17) is 14.2 Å². The molecule has 4 rings (SSSR count). The maximum absolute atomic E-state index is 9.82. The minimum absolute atomic E-state index is 0.356. The van der Waals surface area contributed by atoms with Crippen LogP contribution in [0.15, 0.2) is 60.7 Å². The summed E-state index contributed by atoms with van der Waals surface area (Å²) >= 11 is 0. The largest absolute Gasteiger partial charge is 0.508 e. The standard InChI is InChI=1S/C31H40N2O4/c1-35-18-3-15-32-17-19-37-28-10-4-23(5-11-28)14-16-33-31-22-29(36-2)12-13-30(31)26-7-6-25-21-27(34)9-8-24(25)20-26/h4-5,8-13,21-22,26,32-34H,3,6-7,14-20H2,1-2H3. The van der Waals surface area contributed by atoms with Gasteiger partial charge in [-0.15, -0.1) is 0 Å². The van der Waals surface area contributed by atoms with Gasteiger partial charge >= 0.3 is 0 Å². The van der Waals surface area contributed by atoms with Gasteiger partial charge in [-0.25, -0.2) is 0 Å². The molecule has 0 saturated carbocycles. The first-order valence-electron chi connectivity index (χ1n) is 13.3. The molecule has 37 heavy (non-hydrogen) atoms. The van der Waals surface area contributed by atoms with Crippen LogP contribution in [0.1, 0.15) is 41.0 Å². The van der Waals surface area contributed by atoms with E-state index in [0.717, 1.165) is 75.5 Å². The van der Waals surface area contributed by atoms with Crippen molar-refractivity contribution in [3.8, 4) is 17.2 Å². The Hall–Kier alpha value is -3.22. The van der Waals surface area contributed by atoms with Crippen LogP contribution in [0.25, 0.3) is 0 Å². The van der Waals surface area contributed by atoms with E-state index >= 15 is 0 Å². The van der Waals surface area contributed by atoms with E-state index in [1.807, 2.05) is 6.07 Å². The Kier molecular flexibility index (Phi) is 10.1. The zero-order valence-corrected chi connectivity index (χ0v) is 22.1. The summed E-state index contributed by atoms with van der Waals surface area (Å²) in [5, 5.41) is 16.9. The monoisotopic (exact) mass is 504 g/mol. The van der Waals surface area contributed by atoms with Crippen LogP contribution >= 0.6 is 0 Å². The fourth-order valence-corrected chi connectivity index (χ4v) is 4.98. The fraction of sp³-hybridized carbons (Fsp3) is 0.419. The first-order chi connectivity index (χ1) is 18.2. The Bertz CT molecular complexity index is 1120. The van der Waals surface area contributed by atoms with Gasteiger partial charge in [0.15, 0.2) is 0 Å². The van der Waals surface area contributed by atoms with Crippen molar-refractivity contribution >= 4 is 5.69 Å². The molecule has 0 aromatic heterocycles. The van der Waals surface area contributed by atoms with Gasteiger partial charge in [0.2, 0.25) is 0 Å². The Labute approximate surface area is 221 Å². The molecule has 0 radical (unpaired) electrons. The van der Waals surface area contributed by atoms with E-state index in [-0.39, 0.29) is 0 Å². The number of nitrogens with one attached hydrogen (secondary N) is 2. The van der Waals surface area contributed by atoms with Crippen molar-refractivity contribution in [2.75, 3.05) is 52.4 Å². The maximum Gasteiger partial charge on any atom is 0.120 e. The molecular weight excluding hydrogens is 464 g/mol. The lowest BCUT2D eigenvalue weighted by atomic mass is 9.79. The molecule has 3 N–H and O–H groups in total. The summed E-state index contributed by atoms with van der Waals surface area (Å²) < 4.78 is 16.4. The van der Waals surface area contributed by atoms with Crippen LogP contribution in [-0.2, 0) is 24.0 Å². The molecule has 0 aliphatic heterocycles. The second-order valence-corrected chi connectivity index (χ2v) is 9.61. The number of fused-ring (bicyclic) bond motifs is 1. The summed E-state index contributed by atoms with van der Waals surface area (Å²) in [6, 6.07) is 20.5. The van der Waals surface area contributed by atoms with E-state index in [9.17, 15) is 5.11 Å². The highest BCUT2D eigenvalue weighted by Crippen LogP contribution is 2.38. The van der Waals surface area contributed by atoms with Gasteiger partial charge in [0.05, 0.1) is 7.11 Å². The Morgan fingerprint density at radius 2 is 1.70 bits per heavy atom. The third-order valence-corrected chi connectivity index (χ3v) is 7.02. The van der Waals surface area contributed by atoms with Crippen molar-refractivity contribution in [2.24, 2.45) is 0 Å². The van der Waals surface area contributed by atoms with Gasteiger partial charge in [0, 0.05) is 38.6 Å². The number of anilines is 1. The summed E-state index contributed by atoms with van der Waals surface area (Å²) in [5.74, 6) is 2.56. The van der Waals surface area contributed by atoms with Crippen LogP contribution in [0.2, 0.25) is 0 Å². The van der Waals surface area contributed by atoms with Gasteiger partial charge in [-0.1, -0.05) is 24.3 Å². The quantitative estimate of drug-likeness (QED) is 0.258. The molecule has 1 atom stereocenters. The van der Waals surface area contributed by atoms with E-state index in [1.54, 1.807) is 20.3 Å². The maximum atomic E-state index is 9.82. The van der Waals surface area contributed by atoms with Gasteiger partial charge in [-0.2, -0.15) is 0 Å². The van der Waals surface area contributed by atoms with Gasteiger partial charge in [-0.05, 0) is 97.2 Å². The molecule has 0 spiro atoms. The Morgan fingerprint density at radius 1 is 0.865 bits per heavy atom. The Morgan fingerprint density at radius 3 is 2.51 bits per heavy atom. The normalized spacial score (nSPS) is 14.7. The van der Waals surface area contributed by atoms with Crippen molar-refractivity contribution in [3.05, 3.63) is 82.9 Å². The first kappa shape index (κ1) is 26.8. The molecule has 198 valence electrons. The number of aryl methyl sites for hydroxylation is 1. The number of phenols is 1. The summed E-state index contributed by atoms with van der Waals surface area (Å²) in [7, 11) is 3.44. The SMILES string of the molecule is COCCCNCCOc1ccc(CCNc2cc(OC)ccc2C2CCc3cc(O)ccc3C2)cc1. The predicted octanol–water partition coefficient (Wildman–Crippen LogP) is 5.33. The number of hydrogen-bond acceptors (Lipinski definition) is 6. The van der Waals surface area contributed by atoms with Crippen LogP contribution in [0.3, 0.4) is 0 Å². The third kappa shape index (κ3) is 7.88. The van der Waals surface area contributed by atoms with Crippen LogP contribution in [0, 0.1) is 0 Å². The average Bonchev–Trinajstić information content (AvgIpc) is 2.93. The number of aromatic hydroxyl groups is 1. The van der Waals surface area contributed by atoms with Crippen LogP contribution in [-0.4, -0.2) is 52.2 Å². The first-order valence-corrected chi connectivity index (χ1v) is 13.3. The molecule has 3 aromatic carbocycles. The predicted molar refractivity (Wildman–Crippen MR) is 149 cm³/mol. The van der Waals surface area contributed by atoms with Gasteiger partial charge in [0.25, 0.3) is 0 Å². The fourth-order valence-electron chi connectivity index (χ4n) is 4.98. The topological polar surface area (TPSA) is 72.0 Å². The van der Waals surface area contributed by atoms with Gasteiger partial charge in [0.1, 0.15) is 23.9 Å². The lowest BCUT2D eigenvalue weighted by Gasteiger charge is -2.27. The van der Waals surface area contributed by atoms with Gasteiger partial charge in [-0.3, -0.25) is 0 Å². The highest BCUT2D eigenvalue weighted by atomic mass is 16.5. The average molecular weight is 505 g/mol. The van der Waals surface area contributed by atoms with Crippen LogP contribution in [0.4, 0.5) is 5.69 Å². The molecule has 1 unspecified atom stereocenters. The second kappa shape index (κ2) is 13.9. The summed E-state index contributed by atoms with van der Waals surface area (Å²) in [6.07, 6.45) is 4.97. The van der Waals surface area contributed by atoms with Crippen molar-refractivity contribution in [3.63, 3.8) is 0 Å². The summed E-state index contributed by atoms with van der Waals surface area (Å²) in [6.45, 7) is 4.04. The summed E-state index contributed by atoms with van der Waals surface area (Å²) in [5.41, 5.74) is 6.35. The molecule has 1 aliphatic carbocycles. The molecule has 0 amide bonds. The number of benzene rings is 3. The highest BCUT2D eigenvalue weighted by molar-refractivity contribution is 5.58. The highest BCUT2D eigenvalue weighted by Gasteiger charge is 2.23. The summed E-state index contributed by atoms with van der Waals surface area (Å²) in [4.78, 5) is 0. The molecule has 0 bridgehead atoms. The van der Waals surface area contributed by atoms with Crippen LogP contribution in [0.5, 0.6) is 17.2 Å². The van der Waals surface area contributed by atoms with Crippen molar-refractivity contribution < 1.29 is 19.3 Å². The Balaban J connectivity index is 1.29. The van der Waals surface area contributed by atoms with Crippen molar-refractivity contribution in [1.29, 1.82) is 0 Å². The lowest BCUT2D eigenvalue weighted by molar-refractivity contribution is 0.193. The van der Waals surface area contributed by atoms with Crippen LogP contribution < -0.4 is 20.1 Å². The van der Waals surface area contributed by atoms with E-state index in [0.29, 0.717) is 18.3 Å². The minimum Gasteiger partial charge on any atom is -0.508 e. The lowest BCUT2D eigenvalue weighted by Crippen LogP contribution is -2.22. The van der Waals surface area contributed by atoms with Crippen molar-refractivity contribution in [1.82, 2.24) is 5.32 Å². The molecule has 0 saturated heterocycles. The van der Waals surface area contributed by atoms with E-state index in [2.05, 4.69) is 59.2 Å². The number of methoxy groups -OCH3 is 2. The van der Waals surface area contributed by atoms with Crippen molar-refractivity contribution in [2.45, 2.75) is 38.0 Å². The third-order valence-electron chi connectivity index (χ3n) is 7.02. The zero-order chi connectivity index (χ0) is 25.9. The number of ether oxygens (including phenoxy) is 3. The molecule has 6 nitrogen and oxygen atoms in total. The minimum atomic E-state index is 0.356. The molecule has 3 aromatic rings. The zero-order valence-electron chi connectivity index (χ0n) is 22.1. The van der Waals surface area contributed by atoms with E-state index in [1.165, 1.54) is 22.3 Å². The molecule has 0 heterocycles.